The molecule has 0 spiro atoms. The van der Waals surface area contributed by atoms with Crippen LogP contribution < -0.4 is 5.76 Å². The molecular formula is C15H11BrFNO2. The topological polar surface area (TPSA) is 46.0 Å². The van der Waals surface area contributed by atoms with Gasteiger partial charge < -0.3 is 4.42 Å². The van der Waals surface area contributed by atoms with Gasteiger partial charge in [0.05, 0.1) is 10.3 Å². The molecule has 0 aliphatic rings. The van der Waals surface area contributed by atoms with Crippen molar-refractivity contribution in [1.82, 2.24) is 4.98 Å². The van der Waals surface area contributed by atoms with Crippen LogP contribution in [0.3, 0.4) is 0 Å². The molecule has 5 heteroatoms. The minimum absolute atomic E-state index is 0.165. The maximum atomic E-state index is 13.5. The number of aryl methyl sites for hydroxylation is 1. The number of aromatic amines is 1. The lowest BCUT2D eigenvalue weighted by atomic mass is 10.0. The Labute approximate surface area is 122 Å². The summed E-state index contributed by atoms with van der Waals surface area (Å²) in [5.41, 5.74) is 3.71. The maximum Gasteiger partial charge on any atom is 0.417 e. The number of fused-ring (bicyclic) bond motifs is 1. The molecule has 0 aliphatic heterocycles. The number of hydrogen-bond acceptors (Lipinski definition) is 2. The minimum atomic E-state index is -0.482. The maximum absolute atomic E-state index is 13.5. The second-order valence-corrected chi connectivity index (χ2v) is 5.61. The van der Waals surface area contributed by atoms with Crippen LogP contribution in [0.1, 0.15) is 21.5 Å². The second-order valence-electron chi connectivity index (χ2n) is 4.69. The van der Waals surface area contributed by atoms with Crippen molar-refractivity contribution in [2.45, 2.75) is 11.8 Å². The standard InChI is InChI=1S/C15H11BrFNO2/c1-8-4-10(6-11(17)5-8)14(16)9-2-3-12-13(7-9)20-15(19)18-12/h2-7,14H,1H3,(H,18,19). The van der Waals surface area contributed by atoms with Crippen molar-refractivity contribution in [2.24, 2.45) is 0 Å². The molecule has 0 radical (unpaired) electrons. The Kier molecular flexibility index (Phi) is 3.22. The lowest BCUT2D eigenvalue weighted by Crippen LogP contribution is -1.94. The molecule has 1 unspecified atom stereocenters. The van der Waals surface area contributed by atoms with Crippen LogP contribution in [0.15, 0.2) is 45.6 Å². The van der Waals surface area contributed by atoms with E-state index in [-0.39, 0.29) is 10.6 Å². The molecular weight excluding hydrogens is 325 g/mol. The monoisotopic (exact) mass is 335 g/mol. The lowest BCUT2D eigenvalue weighted by molar-refractivity contribution is 0.555. The van der Waals surface area contributed by atoms with E-state index < -0.39 is 5.76 Å². The van der Waals surface area contributed by atoms with Gasteiger partial charge in [-0.25, -0.2) is 9.18 Å². The van der Waals surface area contributed by atoms with Gasteiger partial charge in [0.1, 0.15) is 5.82 Å². The van der Waals surface area contributed by atoms with Crippen LogP contribution in [-0.4, -0.2) is 4.98 Å². The van der Waals surface area contributed by atoms with Crippen LogP contribution in [-0.2, 0) is 0 Å². The number of H-pyrrole nitrogens is 1. The number of aromatic nitrogens is 1. The molecule has 0 fully saturated rings. The number of rotatable bonds is 2. The molecule has 1 heterocycles. The van der Waals surface area contributed by atoms with Gasteiger partial charge in [0.2, 0.25) is 0 Å². The van der Waals surface area contributed by atoms with E-state index in [0.717, 1.165) is 16.7 Å². The van der Waals surface area contributed by atoms with E-state index in [9.17, 15) is 9.18 Å². The van der Waals surface area contributed by atoms with Crippen LogP contribution in [0, 0.1) is 12.7 Å². The van der Waals surface area contributed by atoms with Crippen LogP contribution in [0.4, 0.5) is 4.39 Å². The Bertz CT molecular complexity index is 817. The first-order valence-electron chi connectivity index (χ1n) is 6.07. The summed E-state index contributed by atoms with van der Waals surface area (Å²) in [4.78, 5) is 13.6. The highest BCUT2D eigenvalue weighted by Gasteiger charge is 2.13. The van der Waals surface area contributed by atoms with Gasteiger partial charge in [-0.15, -0.1) is 0 Å². The molecule has 0 saturated carbocycles. The van der Waals surface area contributed by atoms with Crippen molar-refractivity contribution >= 4 is 27.0 Å². The first-order valence-corrected chi connectivity index (χ1v) is 6.98. The smallest absolute Gasteiger partial charge is 0.408 e. The highest BCUT2D eigenvalue weighted by molar-refractivity contribution is 9.09. The van der Waals surface area contributed by atoms with Crippen LogP contribution in [0.5, 0.6) is 0 Å². The van der Waals surface area contributed by atoms with Crippen molar-refractivity contribution in [1.29, 1.82) is 0 Å². The first-order chi connectivity index (χ1) is 9.52. The van der Waals surface area contributed by atoms with Gasteiger partial charge in [0, 0.05) is 0 Å². The highest BCUT2D eigenvalue weighted by atomic mass is 79.9. The molecule has 0 bridgehead atoms. The van der Waals surface area contributed by atoms with Crippen LogP contribution >= 0.6 is 15.9 Å². The number of halogens is 2. The zero-order valence-electron chi connectivity index (χ0n) is 10.6. The Morgan fingerprint density at radius 1 is 1.20 bits per heavy atom. The van der Waals surface area contributed by atoms with Crippen molar-refractivity contribution in [3.8, 4) is 0 Å². The molecule has 3 nitrogen and oxygen atoms in total. The third-order valence-electron chi connectivity index (χ3n) is 3.09. The van der Waals surface area contributed by atoms with E-state index in [1.54, 1.807) is 12.1 Å². The fourth-order valence-electron chi connectivity index (χ4n) is 2.22. The molecule has 0 amide bonds. The fraction of sp³-hybridized carbons (Fsp3) is 0.133. The van der Waals surface area contributed by atoms with Crippen molar-refractivity contribution in [2.75, 3.05) is 0 Å². The fourth-order valence-corrected chi connectivity index (χ4v) is 2.77. The zero-order valence-corrected chi connectivity index (χ0v) is 12.2. The third-order valence-corrected chi connectivity index (χ3v) is 4.15. The van der Waals surface area contributed by atoms with Gasteiger partial charge in [-0.05, 0) is 47.9 Å². The summed E-state index contributed by atoms with van der Waals surface area (Å²) >= 11 is 3.56. The number of hydrogen-bond donors (Lipinski definition) is 1. The van der Waals surface area contributed by atoms with E-state index in [4.69, 9.17) is 4.42 Å². The summed E-state index contributed by atoms with van der Waals surface area (Å²) < 4.78 is 18.5. The third kappa shape index (κ3) is 2.41. The summed E-state index contributed by atoms with van der Waals surface area (Å²) in [6.45, 7) is 1.85. The molecule has 20 heavy (non-hydrogen) atoms. The predicted molar refractivity (Wildman–Crippen MR) is 78.7 cm³/mol. The van der Waals surface area contributed by atoms with Crippen LogP contribution in [0.2, 0.25) is 0 Å². The number of nitrogens with one attached hydrogen (secondary N) is 1. The number of benzene rings is 2. The minimum Gasteiger partial charge on any atom is -0.408 e. The van der Waals surface area contributed by atoms with E-state index >= 15 is 0 Å². The average molecular weight is 336 g/mol. The molecule has 3 aromatic rings. The molecule has 0 saturated heterocycles. The predicted octanol–water partition coefficient (Wildman–Crippen LogP) is 4.05. The van der Waals surface area contributed by atoms with Gasteiger partial charge in [0.15, 0.2) is 5.58 Å². The van der Waals surface area contributed by atoms with Gasteiger partial charge in [-0.3, -0.25) is 4.98 Å². The SMILES string of the molecule is Cc1cc(F)cc(C(Br)c2ccc3[nH]c(=O)oc3c2)c1. The molecule has 1 aromatic heterocycles. The molecule has 3 rings (SSSR count). The highest BCUT2D eigenvalue weighted by Crippen LogP contribution is 2.32. The normalized spacial score (nSPS) is 12.8. The largest absolute Gasteiger partial charge is 0.417 e. The summed E-state index contributed by atoms with van der Waals surface area (Å²) in [6.07, 6.45) is 0. The van der Waals surface area contributed by atoms with E-state index in [1.807, 2.05) is 19.1 Å². The molecule has 102 valence electrons. The zero-order chi connectivity index (χ0) is 14.3. The van der Waals surface area contributed by atoms with Crippen molar-refractivity contribution < 1.29 is 8.81 Å². The van der Waals surface area contributed by atoms with Gasteiger partial charge in [0.25, 0.3) is 0 Å². The number of oxazole rings is 1. The molecule has 1 atom stereocenters. The van der Waals surface area contributed by atoms with Crippen molar-refractivity contribution in [3.63, 3.8) is 0 Å². The summed E-state index contributed by atoms with van der Waals surface area (Å²) in [5, 5.41) is 0. The van der Waals surface area contributed by atoms with Crippen LogP contribution in [0.25, 0.3) is 11.1 Å². The molecule has 2 aromatic carbocycles. The first kappa shape index (κ1) is 13.1. The summed E-state index contributed by atoms with van der Waals surface area (Å²) in [7, 11) is 0. The van der Waals surface area contributed by atoms with E-state index in [2.05, 4.69) is 20.9 Å². The Balaban J connectivity index is 2.06. The van der Waals surface area contributed by atoms with E-state index in [1.165, 1.54) is 12.1 Å². The van der Waals surface area contributed by atoms with E-state index in [0.29, 0.717) is 11.1 Å². The Morgan fingerprint density at radius 3 is 2.75 bits per heavy atom. The molecule has 0 aliphatic carbocycles. The summed E-state index contributed by atoms with van der Waals surface area (Å²) in [5.74, 6) is -0.747. The van der Waals surface area contributed by atoms with Crippen molar-refractivity contribution in [3.05, 3.63) is 69.5 Å². The quantitative estimate of drug-likeness (QED) is 0.718. The second kappa shape index (κ2) is 4.90. The molecule has 1 N–H and O–H groups in total. The lowest BCUT2D eigenvalue weighted by Gasteiger charge is -2.11. The average Bonchev–Trinajstić information content (AvgIpc) is 2.75. The van der Waals surface area contributed by atoms with Gasteiger partial charge in [-0.2, -0.15) is 0 Å². The Hall–Kier alpha value is -1.88. The number of alkyl halides is 1. The Morgan fingerprint density at radius 2 is 2.00 bits per heavy atom. The summed E-state index contributed by atoms with van der Waals surface area (Å²) in [6, 6.07) is 10.3. The van der Waals surface area contributed by atoms with Gasteiger partial charge >= 0.3 is 5.76 Å². The van der Waals surface area contributed by atoms with Gasteiger partial charge in [-0.1, -0.05) is 28.1 Å².